The van der Waals surface area contributed by atoms with Gasteiger partial charge in [0.15, 0.2) is 0 Å². The van der Waals surface area contributed by atoms with Gasteiger partial charge in [-0.3, -0.25) is 15.0 Å². The van der Waals surface area contributed by atoms with Crippen molar-refractivity contribution in [3.8, 4) is 0 Å². The molecule has 0 spiro atoms. The Labute approximate surface area is 154 Å². The number of benzene rings is 1. The van der Waals surface area contributed by atoms with Gasteiger partial charge in [-0.05, 0) is 31.0 Å². The smallest absolute Gasteiger partial charge is 0.243 e. The van der Waals surface area contributed by atoms with Crippen LogP contribution >= 0.6 is 12.4 Å². The summed E-state index contributed by atoms with van der Waals surface area (Å²) in [5, 5.41) is 2.77. The zero-order valence-corrected chi connectivity index (χ0v) is 15.0. The van der Waals surface area contributed by atoms with Gasteiger partial charge in [0, 0.05) is 31.4 Å². The van der Waals surface area contributed by atoms with Gasteiger partial charge in [0.25, 0.3) is 0 Å². The molecule has 3 N–H and O–H groups in total. The van der Waals surface area contributed by atoms with Crippen molar-refractivity contribution in [2.75, 3.05) is 25.0 Å². The number of rotatable bonds is 5. The fourth-order valence-corrected chi connectivity index (χ4v) is 3.28. The van der Waals surface area contributed by atoms with Crippen molar-refractivity contribution in [1.29, 1.82) is 0 Å². The van der Waals surface area contributed by atoms with E-state index in [2.05, 4.69) is 44.5 Å². The number of anilines is 1. The number of nitrogens with one attached hydrogen (secondary N) is 1. The highest BCUT2D eigenvalue weighted by molar-refractivity contribution is 5.93. The quantitative estimate of drug-likeness (QED) is 0.849. The van der Waals surface area contributed by atoms with Crippen molar-refractivity contribution >= 4 is 24.3 Å². The summed E-state index contributed by atoms with van der Waals surface area (Å²) in [5.74, 6) is 0.962. The lowest BCUT2D eigenvalue weighted by Crippen LogP contribution is -2.41. The van der Waals surface area contributed by atoms with Crippen molar-refractivity contribution < 1.29 is 4.79 Å². The van der Waals surface area contributed by atoms with E-state index in [-0.39, 0.29) is 24.4 Å². The van der Waals surface area contributed by atoms with E-state index in [1.165, 1.54) is 5.56 Å². The standard InChI is InChI=1S/C18H23N5O.ClH/c1-13(17(24)22-18-20-8-5-9-21-18)23-11-15(10-19)16(12-23)14-6-3-2-4-7-14;/h2-9,13,15-16H,10-12,19H2,1H3,(H,20,21,22,24);1H/t13?,15-,16+;/m1./s1. The van der Waals surface area contributed by atoms with E-state index in [1.54, 1.807) is 18.5 Å². The Hall–Kier alpha value is -2.02. The van der Waals surface area contributed by atoms with Crippen LogP contribution in [0.1, 0.15) is 18.4 Å². The first kappa shape index (κ1) is 19.3. The van der Waals surface area contributed by atoms with Crippen molar-refractivity contribution in [3.05, 3.63) is 54.4 Å². The minimum atomic E-state index is -0.253. The average molecular weight is 362 g/mol. The summed E-state index contributed by atoms with van der Waals surface area (Å²) in [6, 6.07) is 11.9. The molecule has 3 rings (SSSR count). The lowest BCUT2D eigenvalue weighted by Gasteiger charge is -2.23. The number of halogens is 1. The third-order valence-electron chi connectivity index (χ3n) is 4.73. The van der Waals surface area contributed by atoms with Crippen LogP contribution in [-0.2, 0) is 4.79 Å². The molecule has 1 amide bonds. The predicted molar refractivity (Wildman–Crippen MR) is 101 cm³/mol. The zero-order valence-electron chi connectivity index (χ0n) is 14.2. The van der Waals surface area contributed by atoms with E-state index in [0.29, 0.717) is 24.3 Å². The number of nitrogens with zero attached hydrogens (tertiary/aromatic N) is 3. The first-order valence-electron chi connectivity index (χ1n) is 8.26. The molecule has 1 aromatic heterocycles. The van der Waals surface area contributed by atoms with Crippen molar-refractivity contribution in [2.24, 2.45) is 11.7 Å². The lowest BCUT2D eigenvalue weighted by molar-refractivity contribution is -0.120. The maximum absolute atomic E-state index is 12.5. The number of amides is 1. The van der Waals surface area contributed by atoms with Gasteiger partial charge in [-0.2, -0.15) is 0 Å². The van der Waals surface area contributed by atoms with Gasteiger partial charge in [-0.1, -0.05) is 30.3 Å². The zero-order chi connectivity index (χ0) is 16.9. The second kappa shape index (κ2) is 8.89. The van der Waals surface area contributed by atoms with E-state index in [4.69, 9.17) is 5.73 Å². The molecule has 0 aliphatic carbocycles. The molecule has 134 valence electrons. The number of nitrogens with two attached hydrogens (primary N) is 1. The molecule has 3 atom stereocenters. The van der Waals surface area contributed by atoms with E-state index < -0.39 is 0 Å². The maximum Gasteiger partial charge on any atom is 0.243 e. The Kier molecular flexibility index (Phi) is 6.87. The summed E-state index contributed by atoms with van der Waals surface area (Å²) in [7, 11) is 0. The molecule has 1 aromatic carbocycles. The third-order valence-corrected chi connectivity index (χ3v) is 4.73. The van der Waals surface area contributed by atoms with Gasteiger partial charge in [-0.25, -0.2) is 9.97 Å². The summed E-state index contributed by atoms with van der Waals surface area (Å²) >= 11 is 0. The molecule has 2 aromatic rings. The summed E-state index contributed by atoms with van der Waals surface area (Å²) < 4.78 is 0. The van der Waals surface area contributed by atoms with E-state index in [0.717, 1.165) is 13.1 Å². The Bertz CT molecular complexity index is 670. The van der Waals surface area contributed by atoms with Crippen LogP contribution in [0, 0.1) is 5.92 Å². The fourth-order valence-electron chi connectivity index (χ4n) is 3.28. The lowest BCUT2D eigenvalue weighted by atomic mass is 9.89. The van der Waals surface area contributed by atoms with Gasteiger partial charge in [0.2, 0.25) is 11.9 Å². The molecular formula is C18H24ClN5O. The molecular weight excluding hydrogens is 338 g/mol. The van der Waals surface area contributed by atoms with Crippen LogP contribution in [0.25, 0.3) is 0 Å². The maximum atomic E-state index is 12.5. The molecule has 1 fully saturated rings. The monoisotopic (exact) mass is 361 g/mol. The Morgan fingerprint density at radius 2 is 1.92 bits per heavy atom. The number of carbonyl (C=O) groups is 1. The number of likely N-dealkylation sites (tertiary alicyclic amines) is 1. The normalized spacial score (nSPS) is 21.4. The van der Waals surface area contributed by atoms with Crippen LogP contribution in [0.5, 0.6) is 0 Å². The number of carbonyl (C=O) groups excluding carboxylic acids is 1. The average Bonchev–Trinajstić information content (AvgIpc) is 3.07. The molecule has 7 heteroatoms. The van der Waals surface area contributed by atoms with Gasteiger partial charge in [0.1, 0.15) is 0 Å². The van der Waals surface area contributed by atoms with Crippen molar-refractivity contribution in [1.82, 2.24) is 14.9 Å². The summed E-state index contributed by atoms with van der Waals surface area (Å²) in [5.41, 5.74) is 7.26. The van der Waals surface area contributed by atoms with Crippen LogP contribution in [-0.4, -0.2) is 46.5 Å². The Morgan fingerprint density at radius 3 is 2.56 bits per heavy atom. The number of hydrogen-bond acceptors (Lipinski definition) is 5. The van der Waals surface area contributed by atoms with Crippen LogP contribution in [0.4, 0.5) is 5.95 Å². The molecule has 1 aliphatic heterocycles. The highest BCUT2D eigenvalue weighted by Gasteiger charge is 2.36. The molecule has 25 heavy (non-hydrogen) atoms. The topological polar surface area (TPSA) is 84.1 Å². The fraction of sp³-hybridized carbons (Fsp3) is 0.389. The Morgan fingerprint density at radius 1 is 1.24 bits per heavy atom. The van der Waals surface area contributed by atoms with Gasteiger partial charge in [-0.15, -0.1) is 12.4 Å². The first-order chi connectivity index (χ1) is 11.7. The van der Waals surface area contributed by atoms with Crippen molar-refractivity contribution in [2.45, 2.75) is 18.9 Å². The second-order valence-corrected chi connectivity index (χ2v) is 6.20. The van der Waals surface area contributed by atoms with Crippen LogP contribution < -0.4 is 11.1 Å². The van der Waals surface area contributed by atoms with Gasteiger partial charge < -0.3 is 5.73 Å². The third kappa shape index (κ3) is 4.54. The van der Waals surface area contributed by atoms with Crippen LogP contribution in [0.15, 0.2) is 48.8 Å². The molecule has 0 radical (unpaired) electrons. The summed E-state index contributed by atoms with van der Waals surface area (Å²) in [6.45, 7) is 4.18. The second-order valence-electron chi connectivity index (χ2n) is 6.20. The molecule has 1 saturated heterocycles. The predicted octanol–water partition coefficient (Wildman–Crippen LogP) is 1.90. The minimum absolute atomic E-state index is 0. The van der Waals surface area contributed by atoms with E-state index in [9.17, 15) is 4.79 Å². The molecule has 2 heterocycles. The van der Waals surface area contributed by atoms with Gasteiger partial charge >= 0.3 is 0 Å². The minimum Gasteiger partial charge on any atom is -0.330 e. The molecule has 1 unspecified atom stereocenters. The highest BCUT2D eigenvalue weighted by Crippen LogP contribution is 2.33. The van der Waals surface area contributed by atoms with Gasteiger partial charge in [0.05, 0.1) is 6.04 Å². The molecule has 0 saturated carbocycles. The Balaban J connectivity index is 0.00000225. The number of hydrogen-bond donors (Lipinski definition) is 2. The van der Waals surface area contributed by atoms with E-state index in [1.807, 2.05) is 13.0 Å². The largest absolute Gasteiger partial charge is 0.330 e. The SMILES string of the molecule is CC(C(=O)Nc1ncccn1)N1C[C@@H](CN)[C@H](c2ccccc2)C1.Cl. The van der Waals surface area contributed by atoms with Crippen LogP contribution in [0.2, 0.25) is 0 Å². The van der Waals surface area contributed by atoms with Crippen molar-refractivity contribution in [3.63, 3.8) is 0 Å². The molecule has 1 aliphatic rings. The van der Waals surface area contributed by atoms with Crippen LogP contribution in [0.3, 0.4) is 0 Å². The summed E-state index contributed by atoms with van der Waals surface area (Å²) in [4.78, 5) is 22.7. The highest BCUT2D eigenvalue weighted by atomic mass is 35.5. The first-order valence-corrected chi connectivity index (χ1v) is 8.26. The summed E-state index contributed by atoms with van der Waals surface area (Å²) in [6.07, 6.45) is 3.22. The van der Waals surface area contributed by atoms with E-state index >= 15 is 0 Å². The molecule has 6 nitrogen and oxygen atoms in total. The number of aromatic nitrogens is 2. The molecule has 0 bridgehead atoms.